The van der Waals surface area contributed by atoms with Crippen LogP contribution in [-0.2, 0) is 14.3 Å². The average molecular weight is 240 g/mol. The molecule has 17 heavy (non-hydrogen) atoms. The normalized spacial score (nSPS) is 33.9. The third kappa shape index (κ3) is 2.51. The second kappa shape index (κ2) is 5.17. The molecule has 2 aliphatic rings. The van der Waals surface area contributed by atoms with E-state index in [0.29, 0.717) is 25.7 Å². The Hall–Kier alpha value is -0.900. The van der Waals surface area contributed by atoms with E-state index < -0.39 is 11.4 Å². The first-order valence-corrected chi connectivity index (χ1v) is 6.53. The summed E-state index contributed by atoms with van der Waals surface area (Å²) in [5.74, 6) is -1.01. The predicted molar refractivity (Wildman–Crippen MR) is 61.8 cm³/mol. The minimum atomic E-state index is -1.11. The summed E-state index contributed by atoms with van der Waals surface area (Å²) >= 11 is 0. The third-order valence-electron chi connectivity index (χ3n) is 4.12. The van der Waals surface area contributed by atoms with Gasteiger partial charge in [0.25, 0.3) is 0 Å². The fraction of sp³-hybridized carbons (Fsp3) is 0.846. The van der Waals surface area contributed by atoms with Crippen molar-refractivity contribution < 1.29 is 19.4 Å². The van der Waals surface area contributed by atoms with Crippen LogP contribution in [0.3, 0.4) is 0 Å². The first-order chi connectivity index (χ1) is 8.15. The van der Waals surface area contributed by atoms with Gasteiger partial charge in [-0.15, -0.1) is 0 Å². The van der Waals surface area contributed by atoms with Crippen LogP contribution in [0.1, 0.15) is 51.4 Å². The van der Waals surface area contributed by atoms with E-state index in [2.05, 4.69) is 0 Å². The lowest BCUT2D eigenvalue weighted by Crippen LogP contribution is -2.42. The molecule has 96 valence electrons. The van der Waals surface area contributed by atoms with E-state index in [0.717, 1.165) is 32.3 Å². The van der Waals surface area contributed by atoms with Gasteiger partial charge in [0.1, 0.15) is 11.2 Å². The van der Waals surface area contributed by atoms with Gasteiger partial charge in [-0.25, -0.2) is 0 Å². The van der Waals surface area contributed by atoms with Crippen LogP contribution in [0.4, 0.5) is 0 Å². The lowest BCUT2D eigenvalue weighted by Gasteiger charge is -2.32. The van der Waals surface area contributed by atoms with Gasteiger partial charge in [-0.3, -0.25) is 9.59 Å². The highest BCUT2D eigenvalue weighted by Crippen LogP contribution is 2.39. The van der Waals surface area contributed by atoms with Crippen molar-refractivity contribution in [2.24, 2.45) is 5.41 Å². The number of carboxylic acids is 1. The molecule has 1 N–H and O–H groups in total. The fourth-order valence-electron chi connectivity index (χ4n) is 2.97. The molecular weight excluding hydrogens is 220 g/mol. The monoisotopic (exact) mass is 240 g/mol. The summed E-state index contributed by atoms with van der Waals surface area (Å²) in [7, 11) is 0. The fourth-order valence-corrected chi connectivity index (χ4v) is 2.97. The standard InChI is InChI=1S/C13H20O4/c14-11-5-1-2-7-13(11,12(15)16)8-6-10-4-3-9-17-10/h10H,1-9H2,(H,15,16). The molecule has 4 heteroatoms. The molecule has 0 radical (unpaired) electrons. The summed E-state index contributed by atoms with van der Waals surface area (Å²) in [5.41, 5.74) is -1.11. The maximum absolute atomic E-state index is 11.9. The molecule has 0 aromatic heterocycles. The Morgan fingerprint density at radius 3 is 2.82 bits per heavy atom. The number of Topliss-reactive ketones (excluding diaryl/α,β-unsaturated/α-hetero) is 1. The van der Waals surface area contributed by atoms with E-state index in [9.17, 15) is 14.7 Å². The lowest BCUT2D eigenvalue weighted by molar-refractivity contribution is -0.158. The van der Waals surface area contributed by atoms with Gasteiger partial charge in [0.05, 0.1) is 6.10 Å². The van der Waals surface area contributed by atoms with Crippen molar-refractivity contribution in [1.29, 1.82) is 0 Å². The van der Waals surface area contributed by atoms with Crippen molar-refractivity contribution >= 4 is 11.8 Å². The molecule has 1 saturated carbocycles. The first kappa shape index (κ1) is 12.6. The van der Waals surface area contributed by atoms with Crippen LogP contribution in [0.2, 0.25) is 0 Å². The minimum Gasteiger partial charge on any atom is -0.480 e. The molecule has 4 nitrogen and oxygen atoms in total. The van der Waals surface area contributed by atoms with E-state index in [-0.39, 0.29) is 11.9 Å². The average Bonchev–Trinajstić information content (AvgIpc) is 2.81. The molecule has 0 amide bonds. The molecule has 2 atom stereocenters. The van der Waals surface area contributed by atoms with Crippen molar-refractivity contribution in [3.63, 3.8) is 0 Å². The molecule has 0 spiro atoms. The topological polar surface area (TPSA) is 63.6 Å². The third-order valence-corrected chi connectivity index (χ3v) is 4.12. The summed E-state index contributed by atoms with van der Waals surface area (Å²) < 4.78 is 5.50. The molecule has 1 aliphatic heterocycles. The molecule has 2 fully saturated rings. The first-order valence-electron chi connectivity index (χ1n) is 6.53. The predicted octanol–water partition coefficient (Wildman–Crippen LogP) is 2.16. The van der Waals surface area contributed by atoms with Gasteiger partial charge >= 0.3 is 5.97 Å². The van der Waals surface area contributed by atoms with E-state index >= 15 is 0 Å². The Bertz CT molecular complexity index is 307. The number of aliphatic carboxylic acids is 1. The Labute approximate surface area is 101 Å². The molecule has 1 saturated heterocycles. The molecule has 1 aliphatic carbocycles. The van der Waals surface area contributed by atoms with Gasteiger partial charge in [0.2, 0.25) is 0 Å². The highest BCUT2D eigenvalue weighted by molar-refractivity contribution is 6.03. The van der Waals surface area contributed by atoms with E-state index in [1.807, 2.05) is 0 Å². The zero-order valence-corrected chi connectivity index (χ0v) is 10.1. The van der Waals surface area contributed by atoms with Crippen LogP contribution in [0.5, 0.6) is 0 Å². The van der Waals surface area contributed by atoms with Crippen molar-refractivity contribution in [1.82, 2.24) is 0 Å². The van der Waals surface area contributed by atoms with E-state index in [4.69, 9.17) is 4.74 Å². The molecule has 1 heterocycles. The SMILES string of the molecule is O=C(O)C1(CCC2CCCO2)CCCCC1=O. The number of ether oxygens (including phenoxy) is 1. The van der Waals surface area contributed by atoms with Gasteiger partial charge in [0, 0.05) is 13.0 Å². The van der Waals surface area contributed by atoms with Crippen molar-refractivity contribution in [3.8, 4) is 0 Å². The summed E-state index contributed by atoms with van der Waals surface area (Å²) in [6.07, 6.45) is 6.01. The lowest BCUT2D eigenvalue weighted by atomic mass is 9.70. The Kier molecular flexibility index (Phi) is 3.82. The number of hydrogen-bond acceptors (Lipinski definition) is 3. The Balaban J connectivity index is 2.00. The van der Waals surface area contributed by atoms with Gasteiger partial charge in [-0.2, -0.15) is 0 Å². The minimum absolute atomic E-state index is 0.0748. The second-order valence-corrected chi connectivity index (χ2v) is 5.19. The molecule has 2 rings (SSSR count). The molecule has 2 unspecified atom stereocenters. The summed E-state index contributed by atoms with van der Waals surface area (Å²) in [6.45, 7) is 0.776. The van der Waals surface area contributed by atoms with Crippen LogP contribution in [0.25, 0.3) is 0 Å². The van der Waals surface area contributed by atoms with Crippen LogP contribution in [-0.4, -0.2) is 29.6 Å². The Morgan fingerprint density at radius 2 is 2.24 bits per heavy atom. The summed E-state index contributed by atoms with van der Waals surface area (Å²) in [5, 5.41) is 9.37. The molecule has 0 aromatic carbocycles. The van der Waals surface area contributed by atoms with Crippen molar-refractivity contribution in [2.45, 2.75) is 57.5 Å². The van der Waals surface area contributed by atoms with Crippen LogP contribution < -0.4 is 0 Å². The van der Waals surface area contributed by atoms with Gasteiger partial charge in [0.15, 0.2) is 0 Å². The number of rotatable bonds is 4. The zero-order chi connectivity index (χ0) is 12.3. The van der Waals surface area contributed by atoms with Crippen LogP contribution in [0, 0.1) is 5.41 Å². The van der Waals surface area contributed by atoms with Gasteiger partial charge < -0.3 is 9.84 Å². The quantitative estimate of drug-likeness (QED) is 0.765. The van der Waals surface area contributed by atoms with E-state index in [1.165, 1.54) is 0 Å². The number of carbonyl (C=O) groups is 2. The van der Waals surface area contributed by atoms with Crippen LogP contribution in [0.15, 0.2) is 0 Å². The molecule has 0 aromatic rings. The largest absolute Gasteiger partial charge is 0.480 e. The van der Waals surface area contributed by atoms with Crippen LogP contribution >= 0.6 is 0 Å². The number of carbonyl (C=O) groups excluding carboxylic acids is 1. The maximum atomic E-state index is 11.9. The molecular formula is C13H20O4. The van der Waals surface area contributed by atoms with Crippen molar-refractivity contribution in [2.75, 3.05) is 6.61 Å². The number of carboxylic acid groups (broad SMARTS) is 1. The smallest absolute Gasteiger partial charge is 0.317 e. The summed E-state index contributed by atoms with van der Waals surface area (Å²) in [4.78, 5) is 23.4. The van der Waals surface area contributed by atoms with Gasteiger partial charge in [-0.05, 0) is 38.5 Å². The number of ketones is 1. The van der Waals surface area contributed by atoms with E-state index in [1.54, 1.807) is 0 Å². The summed E-state index contributed by atoms with van der Waals surface area (Å²) in [6, 6.07) is 0. The van der Waals surface area contributed by atoms with Gasteiger partial charge in [-0.1, -0.05) is 6.42 Å². The van der Waals surface area contributed by atoms with Crippen molar-refractivity contribution in [3.05, 3.63) is 0 Å². The molecule has 0 bridgehead atoms. The highest BCUT2D eigenvalue weighted by Gasteiger charge is 2.46. The highest BCUT2D eigenvalue weighted by atomic mass is 16.5. The zero-order valence-electron chi connectivity index (χ0n) is 10.1. The second-order valence-electron chi connectivity index (χ2n) is 5.19. The Morgan fingerprint density at radius 1 is 1.41 bits per heavy atom. The number of hydrogen-bond donors (Lipinski definition) is 1. The maximum Gasteiger partial charge on any atom is 0.317 e.